The van der Waals surface area contributed by atoms with Crippen LogP contribution >= 0.6 is 23.1 Å². The van der Waals surface area contributed by atoms with Gasteiger partial charge >= 0.3 is 5.97 Å². The minimum atomic E-state index is -0.744. The molecule has 0 aliphatic carbocycles. The molecule has 44 heavy (non-hydrogen) atoms. The number of hydrogen-bond donors (Lipinski definition) is 0. The van der Waals surface area contributed by atoms with Gasteiger partial charge in [-0.3, -0.25) is 9.78 Å². The first-order valence-corrected chi connectivity index (χ1v) is 16.3. The van der Waals surface area contributed by atoms with Crippen molar-refractivity contribution in [3.8, 4) is 16.3 Å². The van der Waals surface area contributed by atoms with Crippen molar-refractivity contribution in [2.24, 2.45) is 5.41 Å². The molecular weight excluding hydrogens is 594 g/mol. The lowest BCUT2D eigenvalue weighted by Gasteiger charge is -2.26. The summed E-state index contributed by atoms with van der Waals surface area (Å²) in [4.78, 5) is 22.8. The van der Waals surface area contributed by atoms with E-state index in [0.29, 0.717) is 31.2 Å². The maximum Gasteiger partial charge on any atom is 0.311 e. The van der Waals surface area contributed by atoms with Crippen molar-refractivity contribution >= 4 is 40.0 Å². The number of aromatic nitrogens is 3. The van der Waals surface area contributed by atoms with Crippen LogP contribution in [0.25, 0.3) is 21.5 Å². The van der Waals surface area contributed by atoms with Crippen molar-refractivity contribution in [1.82, 2.24) is 14.5 Å². The molecule has 9 heteroatoms. The molecule has 0 amide bonds. The number of rotatable bonds is 11. The molecule has 230 valence electrons. The van der Waals surface area contributed by atoms with Gasteiger partial charge in [-0.2, -0.15) is 4.39 Å². The zero-order valence-electron chi connectivity index (χ0n) is 26.0. The molecule has 0 aliphatic rings. The Hall–Kier alpha value is -3.69. The van der Waals surface area contributed by atoms with Crippen LogP contribution in [0.3, 0.4) is 0 Å². The molecule has 0 aliphatic heterocycles. The molecule has 0 spiro atoms. The lowest BCUT2D eigenvalue weighted by molar-refractivity contribution is -0.153. The molecule has 2 aromatic carbocycles. The van der Waals surface area contributed by atoms with Crippen molar-refractivity contribution in [2.45, 2.75) is 70.8 Å². The first-order valence-electron chi connectivity index (χ1n) is 14.7. The second-order valence-corrected chi connectivity index (χ2v) is 15.1. The van der Waals surface area contributed by atoms with Crippen molar-refractivity contribution in [3.63, 3.8) is 0 Å². The Labute approximate surface area is 266 Å². The fraction of sp³-hybridized carbons (Fsp3) is 0.343. The Kier molecular flexibility index (Phi) is 9.46. The summed E-state index contributed by atoms with van der Waals surface area (Å²) in [5.74, 6) is 0.537. The van der Waals surface area contributed by atoms with E-state index in [1.165, 1.54) is 6.20 Å². The highest BCUT2D eigenvalue weighted by molar-refractivity contribution is 8.00. The number of thiazole rings is 1. The summed E-state index contributed by atoms with van der Waals surface area (Å²) in [5, 5.41) is 1.43. The van der Waals surface area contributed by atoms with Crippen LogP contribution in [0.4, 0.5) is 4.39 Å². The summed E-state index contributed by atoms with van der Waals surface area (Å²) in [5.41, 5.74) is 4.21. The van der Waals surface area contributed by atoms with Gasteiger partial charge in [0, 0.05) is 51.0 Å². The molecule has 0 bridgehead atoms. The van der Waals surface area contributed by atoms with E-state index >= 15 is 0 Å². The predicted molar refractivity (Wildman–Crippen MR) is 177 cm³/mol. The highest BCUT2D eigenvalue weighted by Crippen LogP contribution is 2.44. The standard InChI is InChI=1S/C35H38FN3O3S2/c1-7-41-33(40)35(5,6)19-29-31(44-34(2,3)4)27-18-26(42-22-25-10-8-9-17-37-25)15-16-28(27)39(29)21-23-11-13-24(14-12-23)32-38-20-30(36)43-32/h8-18,20H,7,19,21-22H2,1-6H3. The van der Waals surface area contributed by atoms with Gasteiger partial charge in [-0.1, -0.05) is 62.4 Å². The summed E-state index contributed by atoms with van der Waals surface area (Å²) in [7, 11) is 0. The zero-order chi connectivity index (χ0) is 31.5. The lowest BCUT2D eigenvalue weighted by atomic mass is 9.87. The highest BCUT2D eigenvalue weighted by Gasteiger charge is 2.34. The average Bonchev–Trinajstić information content (AvgIpc) is 3.53. The number of esters is 1. The summed E-state index contributed by atoms with van der Waals surface area (Å²) in [6.07, 6.45) is 3.51. The third-order valence-electron chi connectivity index (χ3n) is 7.07. The van der Waals surface area contributed by atoms with Crippen LogP contribution < -0.4 is 4.74 Å². The van der Waals surface area contributed by atoms with Crippen LogP contribution in [-0.4, -0.2) is 31.9 Å². The van der Waals surface area contributed by atoms with Gasteiger partial charge in [-0.25, -0.2) is 4.98 Å². The highest BCUT2D eigenvalue weighted by atomic mass is 32.2. The maximum atomic E-state index is 13.6. The molecule has 0 saturated carbocycles. The molecule has 0 atom stereocenters. The summed E-state index contributed by atoms with van der Waals surface area (Å²) in [6, 6.07) is 20.1. The predicted octanol–water partition coefficient (Wildman–Crippen LogP) is 8.95. The zero-order valence-corrected chi connectivity index (χ0v) is 27.7. The van der Waals surface area contributed by atoms with Gasteiger partial charge in [-0.05, 0) is 56.7 Å². The summed E-state index contributed by atoms with van der Waals surface area (Å²) < 4.78 is 27.5. The normalized spacial score (nSPS) is 12.1. The van der Waals surface area contributed by atoms with E-state index in [-0.39, 0.29) is 15.8 Å². The SMILES string of the molecule is CCOC(=O)C(C)(C)Cc1c(SC(C)(C)C)c2cc(OCc3ccccn3)ccc2n1Cc1ccc(-c2ncc(F)s2)cc1. The minimum Gasteiger partial charge on any atom is -0.487 e. The van der Waals surface area contributed by atoms with Gasteiger partial charge in [0.05, 0.1) is 23.9 Å². The number of hydrogen-bond acceptors (Lipinski definition) is 7. The lowest BCUT2D eigenvalue weighted by Crippen LogP contribution is -2.30. The van der Waals surface area contributed by atoms with Crippen molar-refractivity contribution in [2.75, 3.05) is 6.61 Å². The number of nitrogens with zero attached hydrogens (tertiary/aromatic N) is 3. The van der Waals surface area contributed by atoms with Gasteiger partial charge < -0.3 is 14.0 Å². The second-order valence-electron chi connectivity index (χ2n) is 12.3. The fourth-order valence-corrected chi connectivity index (χ4v) is 6.84. The Balaban J connectivity index is 1.59. The molecule has 5 aromatic rings. The van der Waals surface area contributed by atoms with Crippen LogP contribution in [0.2, 0.25) is 0 Å². The number of pyridine rings is 1. The molecule has 0 N–H and O–H groups in total. The van der Waals surface area contributed by atoms with Gasteiger partial charge in [0.1, 0.15) is 17.4 Å². The molecule has 6 nitrogen and oxygen atoms in total. The van der Waals surface area contributed by atoms with E-state index in [2.05, 4.69) is 59.6 Å². The van der Waals surface area contributed by atoms with Gasteiger partial charge in [-0.15, -0.1) is 11.8 Å². The smallest absolute Gasteiger partial charge is 0.311 e. The monoisotopic (exact) mass is 631 g/mol. The number of fused-ring (bicyclic) bond motifs is 1. The van der Waals surface area contributed by atoms with Gasteiger partial charge in [0.25, 0.3) is 0 Å². The minimum absolute atomic E-state index is 0.0859. The third-order valence-corrected chi connectivity index (χ3v) is 9.18. The molecule has 3 aromatic heterocycles. The Bertz CT molecular complexity index is 1740. The second kappa shape index (κ2) is 13.1. The number of halogens is 1. The number of carbonyl (C=O) groups is 1. The van der Waals surface area contributed by atoms with Crippen LogP contribution in [0.5, 0.6) is 5.75 Å². The molecular formula is C35H38FN3O3S2. The topological polar surface area (TPSA) is 66.2 Å². The Morgan fingerprint density at radius 1 is 1.02 bits per heavy atom. The Morgan fingerprint density at radius 2 is 1.80 bits per heavy atom. The van der Waals surface area contributed by atoms with Crippen LogP contribution in [0.15, 0.2) is 78.0 Å². The van der Waals surface area contributed by atoms with E-state index in [0.717, 1.165) is 55.4 Å². The molecule has 0 fully saturated rings. The summed E-state index contributed by atoms with van der Waals surface area (Å²) >= 11 is 2.83. The summed E-state index contributed by atoms with van der Waals surface area (Å²) in [6.45, 7) is 13.6. The third kappa shape index (κ3) is 7.50. The van der Waals surface area contributed by atoms with Crippen LogP contribution in [0, 0.1) is 10.5 Å². The van der Waals surface area contributed by atoms with E-state index in [1.807, 2.05) is 57.2 Å². The fourth-order valence-electron chi connectivity index (χ4n) is 5.00. The number of carbonyl (C=O) groups excluding carboxylic acids is 1. The molecule has 0 radical (unpaired) electrons. The maximum absolute atomic E-state index is 13.6. The first-order chi connectivity index (χ1) is 20.9. The Morgan fingerprint density at radius 3 is 2.43 bits per heavy atom. The molecule has 0 saturated heterocycles. The average molecular weight is 632 g/mol. The molecule has 0 unspecified atom stereocenters. The van der Waals surface area contributed by atoms with E-state index < -0.39 is 5.41 Å². The molecule has 5 rings (SSSR count). The van der Waals surface area contributed by atoms with Gasteiger partial charge in [0.2, 0.25) is 0 Å². The van der Waals surface area contributed by atoms with Crippen LogP contribution in [0.1, 0.15) is 58.5 Å². The van der Waals surface area contributed by atoms with Crippen molar-refractivity contribution in [1.29, 1.82) is 0 Å². The first kappa shape index (κ1) is 31.7. The van der Waals surface area contributed by atoms with Crippen LogP contribution in [-0.2, 0) is 29.1 Å². The number of ether oxygens (including phenoxy) is 2. The quantitative estimate of drug-likeness (QED) is 0.107. The van der Waals surface area contributed by atoms with Crippen molar-refractivity contribution in [3.05, 3.63) is 95.1 Å². The van der Waals surface area contributed by atoms with E-state index in [4.69, 9.17) is 9.47 Å². The number of benzene rings is 2. The molecule has 3 heterocycles. The number of thioether (sulfide) groups is 1. The van der Waals surface area contributed by atoms with Gasteiger partial charge in [0.15, 0.2) is 5.13 Å². The largest absolute Gasteiger partial charge is 0.487 e. The van der Waals surface area contributed by atoms with Crippen molar-refractivity contribution < 1.29 is 18.7 Å². The van der Waals surface area contributed by atoms with E-state index in [1.54, 1.807) is 18.0 Å². The van der Waals surface area contributed by atoms with E-state index in [9.17, 15) is 9.18 Å².